The van der Waals surface area contributed by atoms with E-state index < -0.39 is 0 Å². The molecule has 0 N–H and O–H groups in total. The van der Waals surface area contributed by atoms with E-state index in [1.807, 2.05) is 12.1 Å². The Labute approximate surface area is 93.9 Å². The molecule has 3 aromatic rings. The average Bonchev–Trinajstić information content (AvgIpc) is 2.73. The summed E-state index contributed by atoms with van der Waals surface area (Å²) < 4.78 is 5.47. The van der Waals surface area contributed by atoms with E-state index >= 15 is 0 Å². The Morgan fingerprint density at radius 2 is 1.81 bits per heavy atom. The van der Waals surface area contributed by atoms with E-state index in [0.717, 1.165) is 22.0 Å². The lowest BCUT2D eigenvalue weighted by molar-refractivity contribution is 0.443. The summed E-state index contributed by atoms with van der Waals surface area (Å²) in [6.45, 7) is 4.26. The third kappa shape index (κ3) is 1.23. The molecule has 0 saturated heterocycles. The van der Waals surface area contributed by atoms with Gasteiger partial charge in [0.25, 0.3) is 0 Å². The maximum absolute atomic E-state index is 5.47. The van der Waals surface area contributed by atoms with Crippen molar-refractivity contribution in [2.75, 3.05) is 0 Å². The fraction of sp³-hybridized carbons (Fsp3) is 0.214. The van der Waals surface area contributed by atoms with Gasteiger partial charge in [0.2, 0.25) is 0 Å². The van der Waals surface area contributed by atoms with Crippen LogP contribution < -0.4 is 0 Å². The molecular weight excluding hydrogens is 198 g/mol. The molecule has 1 aromatic heterocycles. The minimum atomic E-state index is 0.391. The predicted octanol–water partition coefficient (Wildman–Crippen LogP) is 4.10. The molecule has 0 spiro atoms. The van der Waals surface area contributed by atoms with Crippen LogP contribution in [-0.2, 0) is 0 Å². The first-order valence-electron chi connectivity index (χ1n) is 5.54. The zero-order valence-electron chi connectivity index (χ0n) is 9.40. The molecule has 2 aromatic carbocycles. The maximum Gasteiger partial charge on any atom is 0.174 e. The number of fused-ring (bicyclic) bond motifs is 3. The van der Waals surface area contributed by atoms with Gasteiger partial charge in [-0.15, -0.1) is 0 Å². The van der Waals surface area contributed by atoms with Crippen molar-refractivity contribution >= 4 is 21.7 Å². The molecule has 1 heterocycles. The lowest BCUT2D eigenvalue weighted by atomic mass is 10.0. The lowest BCUT2D eigenvalue weighted by Gasteiger charge is -2.00. The zero-order valence-corrected chi connectivity index (χ0v) is 9.40. The number of aromatic nitrogens is 1. The lowest BCUT2D eigenvalue weighted by Crippen LogP contribution is -1.86. The topological polar surface area (TPSA) is 26.0 Å². The van der Waals surface area contributed by atoms with Gasteiger partial charge in [0.1, 0.15) is 0 Å². The van der Waals surface area contributed by atoms with Crippen LogP contribution in [0.1, 0.15) is 25.5 Å². The summed E-state index contributed by atoms with van der Waals surface area (Å²) in [5, 5.41) is 7.64. The molecule has 0 aliphatic carbocycles. The molecule has 3 rings (SSSR count). The summed E-state index contributed by atoms with van der Waals surface area (Å²) in [6, 6.07) is 12.5. The number of benzene rings is 2. The highest BCUT2D eigenvalue weighted by Crippen LogP contribution is 2.30. The highest BCUT2D eigenvalue weighted by atomic mass is 16.5. The van der Waals surface area contributed by atoms with Crippen molar-refractivity contribution < 1.29 is 4.52 Å². The van der Waals surface area contributed by atoms with Gasteiger partial charge in [-0.25, -0.2) is 0 Å². The summed E-state index contributed by atoms with van der Waals surface area (Å²) in [6.07, 6.45) is 0. The van der Waals surface area contributed by atoms with E-state index in [1.54, 1.807) is 0 Å². The summed E-state index contributed by atoms with van der Waals surface area (Å²) in [5.41, 5.74) is 1.95. The van der Waals surface area contributed by atoms with Crippen LogP contribution in [0.25, 0.3) is 21.7 Å². The second kappa shape index (κ2) is 3.34. The molecule has 16 heavy (non-hydrogen) atoms. The fourth-order valence-corrected chi connectivity index (χ4v) is 2.10. The first kappa shape index (κ1) is 9.40. The SMILES string of the molecule is CC(C)c1noc2c1ccc1ccccc12. The molecule has 80 valence electrons. The summed E-state index contributed by atoms with van der Waals surface area (Å²) in [7, 11) is 0. The van der Waals surface area contributed by atoms with Crippen LogP contribution >= 0.6 is 0 Å². The molecule has 0 atom stereocenters. The van der Waals surface area contributed by atoms with Crippen LogP contribution in [0.3, 0.4) is 0 Å². The van der Waals surface area contributed by atoms with E-state index in [2.05, 4.69) is 43.3 Å². The second-order valence-corrected chi connectivity index (χ2v) is 4.39. The molecule has 0 aliphatic rings. The van der Waals surface area contributed by atoms with E-state index in [0.29, 0.717) is 5.92 Å². The standard InChI is InChI=1S/C14H13NO/c1-9(2)13-12-8-7-10-5-3-4-6-11(10)14(12)16-15-13/h3-9H,1-2H3. The second-order valence-electron chi connectivity index (χ2n) is 4.39. The molecular formula is C14H13NO. The largest absolute Gasteiger partial charge is 0.355 e. The van der Waals surface area contributed by atoms with Crippen LogP contribution in [0, 0.1) is 0 Å². The van der Waals surface area contributed by atoms with Crippen molar-refractivity contribution in [1.29, 1.82) is 0 Å². The van der Waals surface area contributed by atoms with Crippen LogP contribution in [0.5, 0.6) is 0 Å². The van der Waals surface area contributed by atoms with Gasteiger partial charge in [-0.05, 0) is 17.4 Å². The van der Waals surface area contributed by atoms with Crippen molar-refractivity contribution in [1.82, 2.24) is 5.16 Å². The highest BCUT2D eigenvalue weighted by molar-refractivity contribution is 6.04. The van der Waals surface area contributed by atoms with Crippen molar-refractivity contribution in [2.45, 2.75) is 19.8 Å². The number of hydrogen-bond acceptors (Lipinski definition) is 2. The average molecular weight is 211 g/mol. The summed E-state index contributed by atoms with van der Waals surface area (Å²) in [4.78, 5) is 0. The minimum absolute atomic E-state index is 0.391. The zero-order chi connectivity index (χ0) is 11.1. The van der Waals surface area contributed by atoms with Gasteiger partial charge >= 0.3 is 0 Å². The third-order valence-electron chi connectivity index (χ3n) is 2.94. The maximum atomic E-state index is 5.47. The highest BCUT2D eigenvalue weighted by Gasteiger charge is 2.13. The number of nitrogens with zero attached hydrogens (tertiary/aromatic N) is 1. The quantitative estimate of drug-likeness (QED) is 0.605. The summed E-state index contributed by atoms with van der Waals surface area (Å²) >= 11 is 0. The molecule has 0 unspecified atom stereocenters. The molecule has 0 bridgehead atoms. The van der Waals surface area contributed by atoms with Gasteiger partial charge in [-0.3, -0.25) is 0 Å². The smallest absolute Gasteiger partial charge is 0.174 e. The van der Waals surface area contributed by atoms with Crippen molar-refractivity contribution in [3.05, 3.63) is 42.1 Å². The molecule has 0 saturated carbocycles. The van der Waals surface area contributed by atoms with Crippen LogP contribution in [-0.4, -0.2) is 5.16 Å². The van der Waals surface area contributed by atoms with E-state index in [4.69, 9.17) is 4.52 Å². The monoisotopic (exact) mass is 211 g/mol. The van der Waals surface area contributed by atoms with Crippen LogP contribution in [0.15, 0.2) is 40.9 Å². The molecule has 0 aliphatic heterocycles. The normalized spacial score (nSPS) is 11.7. The third-order valence-corrected chi connectivity index (χ3v) is 2.94. The van der Waals surface area contributed by atoms with Crippen molar-refractivity contribution in [3.63, 3.8) is 0 Å². The Balaban J connectivity index is 2.45. The molecule has 0 amide bonds. The Morgan fingerprint density at radius 3 is 2.62 bits per heavy atom. The van der Waals surface area contributed by atoms with E-state index in [1.165, 1.54) is 5.39 Å². The Hall–Kier alpha value is -1.83. The van der Waals surface area contributed by atoms with E-state index in [-0.39, 0.29) is 0 Å². The molecule has 2 nitrogen and oxygen atoms in total. The van der Waals surface area contributed by atoms with Gasteiger partial charge in [0, 0.05) is 10.8 Å². The number of hydrogen-bond donors (Lipinski definition) is 0. The Kier molecular flexibility index (Phi) is 1.96. The van der Waals surface area contributed by atoms with Crippen LogP contribution in [0.2, 0.25) is 0 Å². The molecule has 0 fully saturated rings. The van der Waals surface area contributed by atoms with Crippen molar-refractivity contribution in [3.8, 4) is 0 Å². The molecule has 0 radical (unpaired) electrons. The summed E-state index contributed by atoms with van der Waals surface area (Å²) in [5.74, 6) is 0.391. The van der Waals surface area contributed by atoms with Crippen LogP contribution in [0.4, 0.5) is 0 Å². The first-order valence-corrected chi connectivity index (χ1v) is 5.54. The van der Waals surface area contributed by atoms with Gasteiger partial charge < -0.3 is 4.52 Å². The van der Waals surface area contributed by atoms with E-state index in [9.17, 15) is 0 Å². The van der Waals surface area contributed by atoms with Gasteiger partial charge in [0.15, 0.2) is 5.58 Å². The Bertz CT molecular complexity index is 652. The van der Waals surface area contributed by atoms with Gasteiger partial charge in [0.05, 0.1) is 5.69 Å². The minimum Gasteiger partial charge on any atom is -0.355 e. The number of rotatable bonds is 1. The predicted molar refractivity (Wildman–Crippen MR) is 65.6 cm³/mol. The Morgan fingerprint density at radius 1 is 1.00 bits per heavy atom. The first-order chi connectivity index (χ1) is 7.77. The molecule has 2 heteroatoms. The van der Waals surface area contributed by atoms with Crippen molar-refractivity contribution in [2.24, 2.45) is 0 Å². The van der Waals surface area contributed by atoms with Gasteiger partial charge in [-0.2, -0.15) is 0 Å². The van der Waals surface area contributed by atoms with Gasteiger partial charge in [-0.1, -0.05) is 49.3 Å². The fourth-order valence-electron chi connectivity index (χ4n) is 2.10.